The van der Waals surface area contributed by atoms with Crippen molar-refractivity contribution in [2.24, 2.45) is 17.7 Å². The van der Waals surface area contributed by atoms with E-state index in [4.69, 9.17) is 5.84 Å². The molecule has 0 amide bonds. The van der Waals surface area contributed by atoms with Crippen LogP contribution in [0.15, 0.2) is 0 Å². The highest BCUT2D eigenvalue weighted by atomic mass is 15.2. The van der Waals surface area contributed by atoms with E-state index >= 15 is 0 Å². The van der Waals surface area contributed by atoms with Gasteiger partial charge in [0, 0.05) is 6.04 Å². The minimum atomic E-state index is 0.630. The highest BCUT2D eigenvalue weighted by Crippen LogP contribution is 2.36. The second-order valence-electron chi connectivity index (χ2n) is 4.78. The first kappa shape index (κ1) is 9.47. The van der Waals surface area contributed by atoms with Crippen molar-refractivity contribution >= 4 is 0 Å². The zero-order chi connectivity index (χ0) is 9.10. The first-order valence-electron chi connectivity index (χ1n) is 5.88. The molecule has 0 aromatic heterocycles. The average Bonchev–Trinajstić information content (AvgIpc) is 2.76. The summed E-state index contributed by atoms with van der Waals surface area (Å²) >= 11 is 0. The molecule has 0 radical (unpaired) electrons. The molecule has 2 heteroatoms. The van der Waals surface area contributed by atoms with Crippen LogP contribution in [-0.2, 0) is 0 Å². The van der Waals surface area contributed by atoms with E-state index in [0.29, 0.717) is 6.04 Å². The molecule has 0 atom stereocenters. The molecule has 2 aliphatic rings. The maximum atomic E-state index is 5.68. The predicted octanol–water partition coefficient (Wildman–Crippen LogP) is 2.20. The molecule has 3 N–H and O–H groups in total. The van der Waals surface area contributed by atoms with Crippen LogP contribution in [0.4, 0.5) is 0 Å². The van der Waals surface area contributed by atoms with Gasteiger partial charge in [0.2, 0.25) is 0 Å². The predicted molar refractivity (Wildman–Crippen MR) is 55.0 cm³/mol. The lowest BCUT2D eigenvalue weighted by Gasteiger charge is -2.28. The molecule has 0 aromatic carbocycles. The van der Waals surface area contributed by atoms with Crippen molar-refractivity contribution in [2.75, 3.05) is 0 Å². The Kier molecular flexibility index (Phi) is 3.23. The zero-order valence-corrected chi connectivity index (χ0v) is 8.47. The molecule has 0 aliphatic heterocycles. The number of nitrogens with one attached hydrogen (secondary N) is 1. The molecule has 76 valence electrons. The number of hydrazine groups is 1. The number of rotatable bonds is 3. The smallest absolute Gasteiger partial charge is 0.0266 e. The lowest BCUT2D eigenvalue weighted by atomic mass is 9.86. The third-order valence-corrected chi connectivity index (χ3v) is 4.01. The van der Waals surface area contributed by atoms with E-state index in [2.05, 4.69) is 5.43 Å². The maximum Gasteiger partial charge on any atom is 0.0266 e. The molecule has 2 fully saturated rings. The highest BCUT2D eigenvalue weighted by molar-refractivity contribution is 4.86. The van der Waals surface area contributed by atoms with Gasteiger partial charge in [-0.3, -0.25) is 11.3 Å². The largest absolute Gasteiger partial charge is 0.271 e. The fraction of sp³-hybridized carbons (Fsp3) is 1.00. The average molecular weight is 182 g/mol. The van der Waals surface area contributed by atoms with Crippen molar-refractivity contribution in [1.29, 1.82) is 0 Å². The van der Waals surface area contributed by atoms with Crippen LogP contribution in [0.1, 0.15) is 51.4 Å². The lowest BCUT2D eigenvalue weighted by molar-refractivity contribution is 0.263. The molecule has 2 nitrogen and oxygen atoms in total. The van der Waals surface area contributed by atoms with Gasteiger partial charge in [-0.2, -0.15) is 0 Å². The summed E-state index contributed by atoms with van der Waals surface area (Å²) in [5.41, 5.74) is 3.09. The van der Waals surface area contributed by atoms with Crippen LogP contribution < -0.4 is 11.3 Å². The van der Waals surface area contributed by atoms with Crippen molar-refractivity contribution in [1.82, 2.24) is 5.43 Å². The van der Waals surface area contributed by atoms with Gasteiger partial charge in [-0.25, -0.2) is 0 Å². The topological polar surface area (TPSA) is 38.0 Å². The van der Waals surface area contributed by atoms with Crippen LogP contribution >= 0.6 is 0 Å². The normalized spacial score (nSPS) is 26.3. The molecule has 0 heterocycles. The van der Waals surface area contributed by atoms with Crippen LogP contribution in [-0.4, -0.2) is 6.04 Å². The minimum absolute atomic E-state index is 0.630. The number of nitrogens with two attached hydrogens (primary N) is 1. The van der Waals surface area contributed by atoms with Crippen molar-refractivity contribution in [3.8, 4) is 0 Å². The van der Waals surface area contributed by atoms with Crippen LogP contribution in [0.5, 0.6) is 0 Å². The molecule has 0 spiro atoms. The summed E-state index contributed by atoms with van der Waals surface area (Å²) in [5.74, 6) is 7.45. The summed E-state index contributed by atoms with van der Waals surface area (Å²) in [6.07, 6.45) is 11.3. The summed E-state index contributed by atoms with van der Waals surface area (Å²) in [6, 6.07) is 0.630. The summed E-state index contributed by atoms with van der Waals surface area (Å²) in [6.45, 7) is 0. The van der Waals surface area contributed by atoms with Crippen LogP contribution in [0, 0.1) is 11.8 Å². The fourth-order valence-electron chi connectivity index (χ4n) is 3.29. The van der Waals surface area contributed by atoms with E-state index in [9.17, 15) is 0 Å². The van der Waals surface area contributed by atoms with E-state index < -0.39 is 0 Å². The van der Waals surface area contributed by atoms with Gasteiger partial charge in [0.1, 0.15) is 0 Å². The van der Waals surface area contributed by atoms with Crippen molar-refractivity contribution < 1.29 is 0 Å². The fourth-order valence-corrected chi connectivity index (χ4v) is 3.29. The summed E-state index contributed by atoms with van der Waals surface area (Å²) in [7, 11) is 0. The molecule has 2 aliphatic carbocycles. The van der Waals surface area contributed by atoms with Gasteiger partial charge in [-0.05, 0) is 37.5 Å². The number of hydrogen-bond donors (Lipinski definition) is 2. The minimum Gasteiger partial charge on any atom is -0.271 e. The molecular formula is C11H22N2. The summed E-state index contributed by atoms with van der Waals surface area (Å²) in [4.78, 5) is 0. The van der Waals surface area contributed by atoms with E-state index in [-0.39, 0.29) is 0 Å². The van der Waals surface area contributed by atoms with Gasteiger partial charge in [0.25, 0.3) is 0 Å². The molecule has 0 saturated heterocycles. The third-order valence-electron chi connectivity index (χ3n) is 4.01. The van der Waals surface area contributed by atoms with Crippen LogP contribution in [0.3, 0.4) is 0 Å². The highest BCUT2D eigenvalue weighted by Gasteiger charge is 2.32. The van der Waals surface area contributed by atoms with E-state index in [1.807, 2.05) is 0 Å². The molecule has 2 rings (SSSR count). The summed E-state index contributed by atoms with van der Waals surface area (Å²) < 4.78 is 0. The monoisotopic (exact) mass is 182 g/mol. The Morgan fingerprint density at radius 1 is 0.846 bits per heavy atom. The van der Waals surface area contributed by atoms with Gasteiger partial charge in [-0.15, -0.1) is 0 Å². The Morgan fingerprint density at radius 3 is 1.54 bits per heavy atom. The molecule has 0 bridgehead atoms. The van der Waals surface area contributed by atoms with E-state index in [1.165, 1.54) is 51.4 Å². The van der Waals surface area contributed by atoms with Crippen LogP contribution in [0.25, 0.3) is 0 Å². The van der Waals surface area contributed by atoms with E-state index in [0.717, 1.165) is 11.8 Å². The van der Waals surface area contributed by atoms with Gasteiger partial charge >= 0.3 is 0 Å². The van der Waals surface area contributed by atoms with Gasteiger partial charge < -0.3 is 0 Å². The quantitative estimate of drug-likeness (QED) is 0.518. The molecular weight excluding hydrogens is 160 g/mol. The van der Waals surface area contributed by atoms with Crippen molar-refractivity contribution in [3.63, 3.8) is 0 Å². The lowest BCUT2D eigenvalue weighted by Crippen LogP contribution is -2.44. The Labute approximate surface area is 81.2 Å². The third kappa shape index (κ3) is 2.05. The zero-order valence-electron chi connectivity index (χ0n) is 8.47. The second-order valence-corrected chi connectivity index (χ2v) is 4.78. The standard InChI is InChI=1S/C11H22N2/c12-13-11(9-5-1-2-6-9)10-7-3-4-8-10/h9-11,13H,1-8,12H2. The maximum absolute atomic E-state index is 5.68. The Hall–Kier alpha value is -0.0800. The Bertz CT molecular complexity index is 130. The summed E-state index contributed by atoms with van der Waals surface area (Å²) in [5, 5.41) is 0. The molecule has 2 saturated carbocycles. The van der Waals surface area contributed by atoms with Crippen LogP contribution in [0.2, 0.25) is 0 Å². The second kappa shape index (κ2) is 4.43. The van der Waals surface area contributed by atoms with Gasteiger partial charge in [-0.1, -0.05) is 25.7 Å². The number of hydrogen-bond acceptors (Lipinski definition) is 2. The van der Waals surface area contributed by atoms with Gasteiger partial charge in [0.05, 0.1) is 0 Å². The first-order valence-corrected chi connectivity index (χ1v) is 5.88. The molecule has 0 aromatic rings. The molecule has 0 unspecified atom stereocenters. The molecule has 13 heavy (non-hydrogen) atoms. The van der Waals surface area contributed by atoms with Crippen molar-refractivity contribution in [2.45, 2.75) is 57.4 Å². The first-order chi connectivity index (χ1) is 6.42. The van der Waals surface area contributed by atoms with Gasteiger partial charge in [0.15, 0.2) is 0 Å². The Morgan fingerprint density at radius 2 is 1.23 bits per heavy atom. The SMILES string of the molecule is NNC(C1CCCC1)C1CCCC1. The van der Waals surface area contributed by atoms with Crippen molar-refractivity contribution in [3.05, 3.63) is 0 Å². The Balaban J connectivity index is 1.90. The van der Waals surface area contributed by atoms with E-state index in [1.54, 1.807) is 0 Å².